The SMILES string of the molecule is CCc1c(F)ccc2cc(O)cc(-c3ccc4c(N5CCC[C@@](C)(O)C5)nc(OCC5(CN6CCOCC6)CC5)nc4c3F)c12. The number of fused-ring (bicyclic) bond motifs is 2. The zero-order valence-electron chi connectivity index (χ0n) is 25.9. The third-order valence-corrected chi connectivity index (χ3v) is 9.66. The number of piperidine rings is 1. The second-order valence-corrected chi connectivity index (χ2v) is 13.3. The monoisotopic (exact) mass is 618 g/mol. The number of hydrogen-bond acceptors (Lipinski definition) is 8. The zero-order valence-corrected chi connectivity index (χ0v) is 25.9. The summed E-state index contributed by atoms with van der Waals surface area (Å²) in [5.74, 6) is -0.498. The Kier molecular flexibility index (Phi) is 7.78. The predicted molar refractivity (Wildman–Crippen MR) is 170 cm³/mol. The highest BCUT2D eigenvalue weighted by molar-refractivity contribution is 6.03. The number of rotatable bonds is 8. The Morgan fingerprint density at radius 2 is 1.80 bits per heavy atom. The van der Waals surface area contributed by atoms with Crippen LogP contribution in [0.3, 0.4) is 0 Å². The van der Waals surface area contributed by atoms with Gasteiger partial charge in [0.15, 0.2) is 5.82 Å². The van der Waals surface area contributed by atoms with Gasteiger partial charge in [0.2, 0.25) is 0 Å². The van der Waals surface area contributed by atoms with E-state index in [-0.39, 0.29) is 34.1 Å². The number of anilines is 1. The fourth-order valence-corrected chi connectivity index (χ4v) is 7.07. The Bertz CT molecular complexity index is 1750. The van der Waals surface area contributed by atoms with Crippen molar-refractivity contribution in [2.75, 3.05) is 57.4 Å². The number of aromatic nitrogens is 2. The van der Waals surface area contributed by atoms with Crippen molar-refractivity contribution >= 4 is 27.5 Å². The number of aromatic hydroxyl groups is 1. The number of phenolic OH excluding ortho intramolecular Hbond substituents is 1. The van der Waals surface area contributed by atoms with E-state index in [1.54, 1.807) is 31.2 Å². The number of benzene rings is 3. The molecule has 2 aliphatic heterocycles. The smallest absolute Gasteiger partial charge is 0.319 e. The van der Waals surface area contributed by atoms with E-state index in [4.69, 9.17) is 14.5 Å². The van der Waals surface area contributed by atoms with E-state index in [2.05, 4.69) is 9.88 Å². The fraction of sp³-hybridized carbons (Fsp3) is 0.486. The quantitative estimate of drug-likeness (QED) is 0.255. The molecule has 1 atom stereocenters. The van der Waals surface area contributed by atoms with E-state index in [0.29, 0.717) is 65.6 Å². The van der Waals surface area contributed by atoms with Gasteiger partial charge in [0.05, 0.1) is 25.4 Å². The summed E-state index contributed by atoms with van der Waals surface area (Å²) in [7, 11) is 0. The Hall–Kier alpha value is -3.60. The van der Waals surface area contributed by atoms with Crippen LogP contribution in [0.4, 0.5) is 14.6 Å². The average molecular weight is 619 g/mol. The molecule has 2 N–H and O–H groups in total. The predicted octanol–water partition coefficient (Wildman–Crippen LogP) is 5.84. The number of β-amino-alcohol motifs (C(OH)–C–C–N with tert-alkyl or cyclic N) is 1. The molecule has 1 aliphatic carbocycles. The number of nitrogens with zero attached hydrogens (tertiary/aromatic N) is 4. The molecule has 7 rings (SSSR count). The van der Waals surface area contributed by atoms with E-state index in [1.165, 1.54) is 12.1 Å². The van der Waals surface area contributed by atoms with Gasteiger partial charge in [-0.15, -0.1) is 0 Å². The molecule has 0 amide bonds. The van der Waals surface area contributed by atoms with Crippen molar-refractivity contribution in [2.45, 2.75) is 51.6 Å². The summed E-state index contributed by atoms with van der Waals surface area (Å²) in [5.41, 5.74) is 0.239. The number of ether oxygens (including phenoxy) is 2. The minimum absolute atomic E-state index is 0.00607. The normalized spacial score (nSPS) is 21.8. The first-order valence-corrected chi connectivity index (χ1v) is 16.0. The first-order valence-electron chi connectivity index (χ1n) is 16.0. The van der Waals surface area contributed by atoms with Crippen molar-refractivity contribution in [1.29, 1.82) is 0 Å². The second kappa shape index (κ2) is 11.6. The van der Waals surface area contributed by atoms with Gasteiger partial charge in [-0.25, -0.2) is 8.78 Å². The summed E-state index contributed by atoms with van der Waals surface area (Å²) in [6.07, 6.45) is 3.91. The van der Waals surface area contributed by atoms with Gasteiger partial charge in [0.25, 0.3) is 0 Å². The molecule has 10 heteroatoms. The minimum atomic E-state index is -0.910. The lowest BCUT2D eigenvalue weighted by Gasteiger charge is -2.38. The van der Waals surface area contributed by atoms with E-state index in [9.17, 15) is 14.6 Å². The van der Waals surface area contributed by atoms with Crippen molar-refractivity contribution < 1.29 is 28.5 Å². The summed E-state index contributed by atoms with van der Waals surface area (Å²) in [4.78, 5) is 13.8. The van der Waals surface area contributed by atoms with Crippen molar-refractivity contribution in [1.82, 2.24) is 14.9 Å². The standard InChI is InChI=1S/C35H40F2N4O4/c1-3-24-28(36)8-5-22-17-23(42)18-27(29(22)24)25-6-7-26-31(30(25)37)38-33(39-32(26)41-12-4-9-34(2,43)19-41)45-21-35(10-11-35)20-40-13-15-44-16-14-40/h5-8,17-18,42-43H,3-4,9-16,19-21H2,1-2H3/t34-/m1/s1. The topological polar surface area (TPSA) is 91.2 Å². The molecule has 3 fully saturated rings. The fourth-order valence-electron chi connectivity index (χ4n) is 7.07. The first-order chi connectivity index (χ1) is 21.7. The third-order valence-electron chi connectivity index (χ3n) is 9.66. The molecule has 8 nitrogen and oxygen atoms in total. The molecule has 3 heterocycles. The van der Waals surface area contributed by atoms with Crippen LogP contribution < -0.4 is 9.64 Å². The number of halogens is 2. The molecule has 0 spiro atoms. The zero-order chi connectivity index (χ0) is 31.3. The van der Waals surface area contributed by atoms with Crippen molar-refractivity contribution in [3.8, 4) is 22.9 Å². The van der Waals surface area contributed by atoms with Crippen LogP contribution >= 0.6 is 0 Å². The highest BCUT2D eigenvalue weighted by Gasteiger charge is 2.45. The summed E-state index contributed by atoms with van der Waals surface area (Å²) >= 11 is 0. The van der Waals surface area contributed by atoms with E-state index < -0.39 is 11.4 Å². The molecule has 3 aliphatic rings. The Balaban J connectivity index is 1.32. The van der Waals surface area contributed by atoms with E-state index in [0.717, 1.165) is 52.1 Å². The molecule has 45 heavy (non-hydrogen) atoms. The largest absolute Gasteiger partial charge is 0.508 e. The molecule has 0 bridgehead atoms. The number of aryl methyl sites for hydroxylation is 1. The van der Waals surface area contributed by atoms with Crippen LogP contribution in [0, 0.1) is 17.0 Å². The van der Waals surface area contributed by atoms with Gasteiger partial charge in [0, 0.05) is 49.1 Å². The summed E-state index contributed by atoms with van der Waals surface area (Å²) in [6.45, 7) is 9.25. The molecule has 0 radical (unpaired) electrons. The van der Waals surface area contributed by atoms with Crippen LogP contribution in [0.1, 0.15) is 45.1 Å². The number of phenols is 1. The maximum atomic E-state index is 16.8. The molecular weight excluding hydrogens is 578 g/mol. The lowest BCUT2D eigenvalue weighted by atomic mass is 9.92. The lowest BCUT2D eigenvalue weighted by Crippen LogP contribution is -2.46. The van der Waals surface area contributed by atoms with Crippen molar-refractivity contribution in [2.24, 2.45) is 5.41 Å². The van der Waals surface area contributed by atoms with Gasteiger partial charge in [-0.05, 0) is 85.2 Å². The minimum Gasteiger partial charge on any atom is -0.508 e. The average Bonchev–Trinajstić information content (AvgIpc) is 3.79. The Morgan fingerprint density at radius 3 is 2.53 bits per heavy atom. The van der Waals surface area contributed by atoms with Crippen molar-refractivity contribution in [3.05, 3.63) is 53.6 Å². The Labute approximate surface area is 261 Å². The van der Waals surface area contributed by atoms with E-state index >= 15 is 4.39 Å². The molecule has 2 saturated heterocycles. The van der Waals surface area contributed by atoms with Crippen LogP contribution in [0.15, 0.2) is 36.4 Å². The molecule has 1 saturated carbocycles. The van der Waals surface area contributed by atoms with Crippen LogP contribution in [0.5, 0.6) is 11.8 Å². The lowest BCUT2D eigenvalue weighted by molar-refractivity contribution is 0.0231. The first kappa shape index (κ1) is 30.1. The van der Waals surface area contributed by atoms with Gasteiger partial charge in [-0.2, -0.15) is 9.97 Å². The Morgan fingerprint density at radius 1 is 1.00 bits per heavy atom. The maximum Gasteiger partial charge on any atom is 0.319 e. The molecule has 3 aromatic carbocycles. The third kappa shape index (κ3) is 5.91. The number of morpholine rings is 1. The van der Waals surface area contributed by atoms with Crippen LogP contribution in [-0.2, 0) is 11.2 Å². The maximum absolute atomic E-state index is 16.8. The van der Waals surface area contributed by atoms with Gasteiger partial charge < -0.3 is 24.6 Å². The molecule has 0 unspecified atom stereocenters. The van der Waals surface area contributed by atoms with Gasteiger partial charge in [-0.1, -0.05) is 19.1 Å². The highest BCUT2D eigenvalue weighted by Crippen LogP contribution is 2.47. The summed E-state index contributed by atoms with van der Waals surface area (Å²) in [5, 5.41) is 23.2. The van der Waals surface area contributed by atoms with Gasteiger partial charge in [-0.3, -0.25) is 4.90 Å². The molecule has 1 aromatic heterocycles. The highest BCUT2D eigenvalue weighted by atomic mass is 19.1. The van der Waals surface area contributed by atoms with Crippen LogP contribution in [0.2, 0.25) is 0 Å². The molecule has 4 aromatic rings. The molecule has 238 valence electrons. The molecular formula is C35H40F2N4O4. The van der Waals surface area contributed by atoms with E-state index in [1.807, 2.05) is 11.8 Å². The van der Waals surface area contributed by atoms with Crippen molar-refractivity contribution in [3.63, 3.8) is 0 Å². The van der Waals surface area contributed by atoms with Crippen LogP contribution in [0.25, 0.3) is 32.8 Å². The number of aliphatic hydroxyl groups is 1. The van der Waals surface area contributed by atoms with Gasteiger partial charge >= 0.3 is 6.01 Å². The summed E-state index contributed by atoms with van der Waals surface area (Å²) < 4.78 is 43.6. The second-order valence-electron chi connectivity index (χ2n) is 13.3. The number of hydrogen-bond donors (Lipinski definition) is 2. The van der Waals surface area contributed by atoms with Gasteiger partial charge in [0.1, 0.15) is 22.9 Å². The summed E-state index contributed by atoms with van der Waals surface area (Å²) in [6, 6.07) is 9.54. The van der Waals surface area contributed by atoms with Crippen LogP contribution in [-0.4, -0.2) is 83.2 Å².